The fourth-order valence-electron chi connectivity index (χ4n) is 7.06. The van der Waals surface area contributed by atoms with Crippen molar-refractivity contribution in [3.63, 3.8) is 0 Å². The van der Waals surface area contributed by atoms with Crippen LogP contribution in [-0.2, 0) is 12.6 Å². The topological polar surface area (TPSA) is 95.8 Å². The summed E-state index contributed by atoms with van der Waals surface area (Å²) in [6.07, 6.45) is 13.1. The minimum atomic E-state index is -0.554. The standard InChI is InChI=1S/C36H36FN5O2/c1-22(43)9-10-23-11-15-28-31(19-23)42(2)35(40-28)36(17-6-18-36)41-34(44)25-12-14-27-30(20-25)39-33(29-16-13-26(37)21-38-29)32(27)24-7-4-3-5-8-24/h9-16,19-21,24,39,43H,1,3-8,17-18H2,2H3,(H,41,44)/b10-9+. The number of nitrogens with zero attached hydrogens (tertiary/aromatic N) is 3. The molecule has 0 atom stereocenters. The van der Waals surface area contributed by atoms with Crippen molar-refractivity contribution in [2.45, 2.75) is 62.8 Å². The van der Waals surface area contributed by atoms with Crippen molar-refractivity contribution in [3.8, 4) is 11.4 Å². The molecular formula is C36H36FN5O2. The van der Waals surface area contributed by atoms with Crippen LogP contribution >= 0.6 is 0 Å². The summed E-state index contributed by atoms with van der Waals surface area (Å²) < 4.78 is 15.8. The zero-order valence-corrected chi connectivity index (χ0v) is 24.9. The molecular weight excluding hydrogens is 553 g/mol. The number of hydrogen-bond acceptors (Lipinski definition) is 4. The lowest BCUT2D eigenvalue weighted by atomic mass is 9.75. The zero-order valence-electron chi connectivity index (χ0n) is 24.9. The summed E-state index contributed by atoms with van der Waals surface area (Å²) in [5, 5.41) is 13.9. The second-order valence-corrected chi connectivity index (χ2v) is 12.3. The number of allylic oxidation sites excluding steroid dienone is 1. The number of aliphatic hydroxyl groups excluding tert-OH is 1. The fraction of sp³-hybridized carbons (Fsp3) is 0.306. The Bertz CT molecular complexity index is 1920. The van der Waals surface area contributed by atoms with Crippen LogP contribution in [0.3, 0.4) is 0 Å². The van der Waals surface area contributed by atoms with E-state index in [0.717, 1.165) is 71.1 Å². The normalized spacial score (nSPS) is 16.9. The highest BCUT2D eigenvalue weighted by Gasteiger charge is 2.44. The van der Waals surface area contributed by atoms with Crippen LogP contribution in [0.5, 0.6) is 0 Å². The number of amides is 1. The maximum atomic E-state index is 13.8. The molecule has 7 rings (SSSR count). The molecule has 0 spiro atoms. The van der Waals surface area contributed by atoms with Crippen LogP contribution in [0.15, 0.2) is 73.1 Å². The molecule has 1 amide bonds. The number of nitrogens with one attached hydrogen (secondary N) is 2. The molecule has 0 unspecified atom stereocenters. The van der Waals surface area contributed by atoms with Gasteiger partial charge in [-0.05, 0) is 91.6 Å². The number of hydrogen-bond donors (Lipinski definition) is 3. The van der Waals surface area contributed by atoms with Gasteiger partial charge in [0.2, 0.25) is 0 Å². The molecule has 0 bridgehead atoms. The average molecular weight is 590 g/mol. The van der Waals surface area contributed by atoms with Crippen LogP contribution in [-0.4, -0.2) is 30.5 Å². The van der Waals surface area contributed by atoms with E-state index in [1.54, 1.807) is 12.1 Å². The van der Waals surface area contributed by atoms with Crippen LogP contribution in [0.25, 0.3) is 39.4 Å². The molecule has 0 radical (unpaired) electrons. The summed E-state index contributed by atoms with van der Waals surface area (Å²) in [6, 6.07) is 15.0. The van der Waals surface area contributed by atoms with E-state index < -0.39 is 5.54 Å². The Morgan fingerprint density at radius 3 is 2.64 bits per heavy atom. The monoisotopic (exact) mass is 589 g/mol. The van der Waals surface area contributed by atoms with Gasteiger partial charge in [0, 0.05) is 23.5 Å². The summed E-state index contributed by atoms with van der Waals surface area (Å²) in [5.74, 6) is 0.731. The summed E-state index contributed by atoms with van der Waals surface area (Å²) >= 11 is 0. The van der Waals surface area contributed by atoms with E-state index in [1.165, 1.54) is 37.1 Å². The van der Waals surface area contributed by atoms with Gasteiger partial charge in [-0.15, -0.1) is 0 Å². The zero-order chi connectivity index (χ0) is 30.4. The highest BCUT2D eigenvalue weighted by atomic mass is 19.1. The average Bonchev–Trinajstić information content (AvgIpc) is 3.56. The maximum Gasteiger partial charge on any atom is 0.252 e. The number of aryl methyl sites for hydroxylation is 1. The highest BCUT2D eigenvalue weighted by molar-refractivity contribution is 6.00. The van der Waals surface area contributed by atoms with Crippen LogP contribution < -0.4 is 5.32 Å². The minimum absolute atomic E-state index is 0.00184. The number of imidazole rings is 1. The molecule has 2 aliphatic carbocycles. The second-order valence-electron chi connectivity index (χ2n) is 12.3. The van der Waals surface area contributed by atoms with Gasteiger partial charge in [0.05, 0.1) is 34.2 Å². The smallest absolute Gasteiger partial charge is 0.252 e. The number of aliphatic hydroxyl groups is 1. The van der Waals surface area contributed by atoms with Gasteiger partial charge in [0.15, 0.2) is 0 Å². The van der Waals surface area contributed by atoms with Crippen molar-refractivity contribution >= 4 is 33.9 Å². The lowest BCUT2D eigenvalue weighted by Crippen LogP contribution is -2.52. The molecule has 224 valence electrons. The Kier molecular flexibility index (Phi) is 7.07. The molecule has 44 heavy (non-hydrogen) atoms. The van der Waals surface area contributed by atoms with Gasteiger partial charge in [-0.25, -0.2) is 9.37 Å². The minimum Gasteiger partial charge on any atom is -0.509 e. The maximum absolute atomic E-state index is 13.8. The number of aromatic amines is 1. The molecule has 8 heteroatoms. The Morgan fingerprint density at radius 1 is 1.11 bits per heavy atom. The van der Waals surface area contributed by atoms with Crippen molar-refractivity contribution in [2.24, 2.45) is 7.05 Å². The van der Waals surface area contributed by atoms with Gasteiger partial charge >= 0.3 is 0 Å². The number of H-pyrrole nitrogens is 1. The second kappa shape index (κ2) is 11.1. The van der Waals surface area contributed by atoms with Crippen molar-refractivity contribution in [3.05, 3.63) is 101 Å². The van der Waals surface area contributed by atoms with Crippen LogP contribution in [0.4, 0.5) is 4.39 Å². The lowest BCUT2D eigenvalue weighted by Gasteiger charge is -2.41. The Morgan fingerprint density at radius 2 is 1.93 bits per heavy atom. The van der Waals surface area contributed by atoms with E-state index in [4.69, 9.17) is 4.98 Å². The van der Waals surface area contributed by atoms with Gasteiger partial charge in [-0.2, -0.15) is 0 Å². The number of carbonyl (C=O) groups excluding carboxylic acids is 1. The molecule has 2 fully saturated rings. The number of benzene rings is 2. The van der Waals surface area contributed by atoms with Crippen molar-refractivity contribution in [1.29, 1.82) is 0 Å². The Labute approximate surface area is 255 Å². The molecule has 3 heterocycles. The molecule has 3 aromatic heterocycles. The summed E-state index contributed by atoms with van der Waals surface area (Å²) in [4.78, 5) is 26.8. The molecule has 2 saturated carbocycles. The number of carbonyl (C=O) groups is 1. The molecule has 0 saturated heterocycles. The Hall–Kier alpha value is -4.72. The van der Waals surface area contributed by atoms with Crippen LogP contribution in [0.1, 0.15) is 84.6 Å². The molecule has 2 aliphatic rings. The van der Waals surface area contributed by atoms with E-state index in [2.05, 4.69) is 32.5 Å². The number of aromatic nitrogens is 4. The van der Waals surface area contributed by atoms with Gasteiger partial charge in [-0.1, -0.05) is 44.1 Å². The van der Waals surface area contributed by atoms with Crippen molar-refractivity contribution < 1.29 is 14.3 Å². The van der Waals surface area contributed by atoms with E-state index in [0.29, 0.717) is 17.2 Å². The third-order valence-corrected chi connectivity index (χ3v) is 9.46. The summed E-state index contributed by atoms with van der Waals surface area (Å²) in [5.41, 5.74) is 6.49. The van der Waals surface area contributed by atoms with Gasteiger partial charge in [-0.3, -0.25) is 9.78 Å². The Balaban J connectivity index is 1.22. The van der Waals surface area contributed by atoms with Crippen LogP contribution in [0.2, 0.25) is 0 Å². The third kappa shape index (κ3) is 4.98. The quantitative estimate of drug-likeness (QED) is 0.132. The molecule has 0 aliphatic heterocycles. The molecule has 3 N–H and O–H groups in total. The summed E-state index contributed by atoms with van der Waals surface area (Å²) in [6.45, 7) is 3.51. The lowest BCUT2D eigenvalue weighted by molar-refractivity contribution is 0.0805. The first-order valence-electron chi connectivity index (χ1n) is 15.4. The predicted molar refractivity (Wildman–Crippen MR) is 172 cm³/mol. The molecule has 7 nitrogen and oxygen atoms in total. The molecule has 2 aromatic carbocycles. The SMILES string of the molecule is C=C(O)/C=C/c1ccc2nc(C3(NC(=O)c4ccc5c(C6CCCCC6)c(-c6ccc(F)cn6)[nH]c5c4)CCC3)n(C)c2c1. The number of halogens is 1. The first kappa shape index (κ1) is 28.1. The molecule has 5 aromatic rings. The van der Waals surface area contributed by atoms with E-state index in [1.807, 2.05) is 43.5 Å². The van der Waals surface area contributed by atoms with Crippen molar-refractivity contribution in [2.75, 3.05) is 0 Å². The van der Waals surface area contributed by atoms with Gasteiger partial charge in [0.25, 0.3) is 5.91 Å². The fourth-order valence-corrected chi connectivity index (χ4v) is 7.06. The first-order valence-corrected chi connectivity index (χ1v) is 15.4. The van der Waals surface area contributed by atoms with Crippen LogP contribution in [0, 0.1) is 5.82 Å². The number of fused-ring (bicyclic) bond motifs is 2. The number of rotatable bonds is 7. The third-order valence-electron chi connectivity index (χ3n) is 9.46. The van der Waals surface area contributed by atoms with E-state index in [9.17, 15) is 14.3 Å². The largest absolute Gasteiger partial charge is 0.509 e. The number of pyridine rings is 1. The first-order chi connectivity index (χ1) is 21.3. The predicted octanol–water partition coefficient (Wildman–Crippen LogP) is 8.20. The van der Waals surface area contributed by atoms with Gasteiger partial charge < -0.3 is 20.0 Å². The van der Waals surface area contributed by atoms with Gasteiger partial charge in [0.1, 0.15) is 17.4 Å². The van der Waals surface area contributed by atoms with E-state index in [-0.39, 0.29) is 17.5 Å². The van der Waals surface area contributed by atoms with E-state index >= 15 is 0 Å². The summed E-state index contributed by atoms with van der Waals surface area (Å²) in [7, 11) is 1.98. The van der Waals surface area contributed by atoms with Crippen molar-refractivity contribution in [1.82, 2.24) is 24.8 Å². The highest BCUT2D eigenvalue weighted by Crippen LogP contribution is 2.44.